The van der Waals surface area contributed by atoms with Crippen LogP contribution < -0.4 is 9.62 Å². The van der Waals surface area contributed by atoms with Crippen LogP contribution in [-0.2, 0) is 14.8 Å². The number of nitrogens with zero attached hydrogens (tertiary/aromatic N) is 1. The van der Waals surface area contributed by atoms with Gasteiger partial charge in [-0.3, -0.25) is 9.10 Å². The first kappa shape index (κ1) is 18.6. The van der Waals surface area contributed by atoms with Gasteiger partial charge in [-0.1, -0.05) is 47.6 Å². The minimum absolute atomic E-state index is 0.105. The highest BCUT2D eigenvalue weighted by Crippen LogP contribution is 2.35. The molecule has 0 saturated heterocycles. The van der Waals surface area contributed by atoms with E-state index < -0.39 is 10.0 Å². The summed E-state index contributed by atoms with van der Waals surface area (Å²) in [5.41, 5.74) is 0.130. The van der Waals surface area contributed by atoms with Crippen LogP contribution >= 0.6 is 34.8 Å². The number of rotatable bonds is 5. The highest BCUT2D eigenvalue weighted by molar-refractivity contribution is 7.92. The van der Waals surface area contributed by atoms with Crippen LogP contribution in [-0.4, -0.2) is 33.2 Å². The fraction of sp³-hybridized carbons (Fsp3) is 0.500. The zero-order chi connectivity index (χ0) is 17.2. The molecule has 0 heterocycles. The second kappa shape index (κ2) is 7.47. The van der Waals surface area contributed by atoms with Crippen molar-refractivity contribution in [1.82, 2.24) is 5.32 Å². The first-order chi connectivity index (χ1) is 10.7. The van der Waals surface area contributed by atoms with Crippen molar-refractivity contribution in [3.63, 3.8) is 0 Å². The number of sulfonamides is 1. The molecule has 1 amide bonds. The number of anilines is 1. The topological polar surface area (TPSA) is 66.5 Å². The third-order valence-corrected chi connectivity index (χ3v) is 5.82. The molecule has 128 valence electrons. The number of halogens is 3. The molecule has 0 atom stereocenters. The summed E-state index contributed by atoms with van der Waals surface area (Å²) >= 11 is 17.9. The first-order valence-corrected chi connectivity index (χ1v) is 10.1. The predicted octanol–water partition coefficient (Wildman–Crippen LogP) is 3.47. The molecule has 0 bridgehead atoms. The molecule has 1 aliphatic rings. The summed E-state index contributed by atoms with van der Waals surface area (Å²) in [5, 5.41) is 3.33. The number of carbonyl (C=O) groups is 1. The van der Waals surface area contributed by atoms with E-state index in [0.29, 0.717) is 0 Å². The number of nitrogens with one attached hydrogen (secondary N) is 1. The van der Waals surface area contributed by atoms with Crippen LogP contribution in [0.15, 0.2) is 12.1 Å². The van der Waals surface area contributed by atoms with E-state index in [1.54, 1.807) is 0 Å². The molecule has 1 fully saturated rings. The summed E-state index contributed by atoms with van der Waals surface area (Å²) in [6.45, 7) is -0.354. The Balaban J connectivity index is 2.24. The average Bonchev–Trinajstić information content (AvgIpc) is 2.92. The van der Waals surface area contributed by atoms with Crippen LogP contribution in [0.1, 0.15) is 25.7 Å². The minimum atomic E-state index is -3.71. The van der Waals surface area contributed by atoms with Crippen molar-refractivity contribution < 1.29 is 13.2 Å². The van der Waals surface area contributed by atoms with Gasteiger partial charge in [0.2, 0.25) is 15.9 Å². The summed E-state index contributed by atoms with van der Waals surface area (Å²) < 4.78 is 25.1. The van der Waals surface area contributed by atoms with Gasteiger partial charge in [0.05, 0.1) is 27.0 Å². The molecule has 0 spiro atoms. The Labute approximate surface area is 150 Å². The molecule has 1 aromatic carbocycles. The highest BCUT2D eigenvalue weighted by Gasteiger charge is 2.25. The van der Waals surface area contributed by atoms with E-state index in [0.717, 1.165) is 36.2 Å². The van der Waals surface area contributed by atoms with Crippen LogP contribution in [0.25, 0.3) is 0 Å². The van der Waals surface area contributed by atoms with Crippen molar-refractivity contribution in [1.29, 1.82) is 0 Å². The van der Waals surface area contributed by atoms with Gasteiger partial charge in [0.25, 0.3) is 0 Å². The van der Waals surface area contributed by atoms with E-state index >= 15 is 0 Å². The van der Waals surface area contributed by atoms with Crippen LogP contribution in [0.4, 0.5) is 5.69 Å². The number of hydrogen-bond acceptors (Lipinski definition) is 3. The van der Waals surface area contributed by atoms with Crippen molar-refractivity contribution in [2.45, 2.75) is 31.7 Å². The first-order valence-electron chi connectivity index (χ1n) is 7.10. The zero-order valence-corrected chi connectivity index (χ0v) is 15.6. The molecule has 1 N–H and O–H groups in total. The lowest BCUT2D eigenvalue weighted by molar-refractivity contribution is -0.120. The zero-order valence-electron chi connectivity index (χ0n) is 12.5. The van der Waals surface area contributed by atoms with Crippen LogP contribution in [0.5, 0.6) is 0 Å². The summed E-state index contributed by atoms with van der Waals surface area (Å²) in [6.07, 6.45) is 4.98. The Hall–Kier alpha value is -0.690. The minimum Gasteiger partial charge on any atom is -0.352 e. The molecule has 0 aliphatic heterocycles. The maximum atomic E-state index is 12.2. The number of benzene rings is 1. The van der Waals surface area contributed by atoms with Gasteiger partial charge in [-0.05, 0) is 25.0 Å². The lowest BCUT2D eigenvalue weighted by Crippen LogP contribution is -2.43. The summed E-state index contributed by atoms with van der Waals surface area (Å²) in [6, 6.07) is 2.80. The van der Waals surface area contributed by atoms with Gasteiger partial charge in [0.1, 0.15) is 6.54 Å². The molecule has 1 saturated carbocycles. The van der Waals surface area contributed by atoms with E-state index in [2.05, 4.69) is 5.32 Å². The molecule has 1 aromatic rings. The van der Waals surface area contributed by atoms with Gasteiger partial charge in [-0.15, -0.1) is 0 Å². The Morgan fingerprint density at radius 2 is 1.74 bits per heavy atom. The van der Waals surface area contributed by atoms with E-state index in [9.17, 15) is 13.2 Å². The van der Waals surface area contributed by atoms with Gasteiger partial charge in [0.15, 0.2) is 0 Å². The number of amides is 1. The highest BCUT2D eigenvalue weighted by atomic mass is 35.5. The summed E-state index contributed by atoms with van der Waals surface area (Å²) in [4.78, 5) is 12.2. The van der Waals surface area contributed by atoms with Crippen molar-refractivity contribution in [3.8, 4) is 0 Å². The van der Waals surface area contributed by atoms with Gasteiger partial charge in [-0.2, -0.15) is 0 Å². The van der Waals surface area contributed by atoms with Crippen LogP contribution in [0.3, 0.4) is 0 Å². The molecule has 9 heteroatoms. The van der Waals surface area contributed by atoms with Crippen molar-refractivity contribution in [3.05, 3.63) is 27.2 Å². The van der Waals surface area contributed by atoms with Gasteiger partial charge in [-0.25, -0.2) is 8.42 Å². The van der Waals surface area contributed by atoms with Crippen LogP contribution in [0, 0.1) is 0 Å². The average molecular weight is 400 g/mol. The maximum absolute atomic E-state index is 12.2. The second-order valence-corrected chi connectivity index (χ2v) is 8.66. The van der Waals surface area contributed by atoms with E-state index in [-0.39, 0.29) is 39.2 Å². The molecule has 2 rings (SSSR count). The van der Waals surface area contributed by atoms with Crippen molar-refractivity contribution >= 4 is 56.4 Å². The number of hydrogen-bond donors (Lipinski definition) is 1. The predicted molar refractivity (Wildman–Crippen MR) is 94.1 cm³/mol. The molecule has 1 aliphatic carbocycles. The molecule has 0 unspecified atom stereocenters. The largest absolute Gasteiger partial charge is 0.352 e. The standard InChI is InChI=1S/C14H17Cl3N2O3S/c1-23(21,22)19(8-14(20)18-9-4-2-3-5-9)13-7-11(16)10(15)6-12(13)17/h6-7,9H,2-5,8H2,1H3,(H,18,20). The Morgan fingerprint density at radius 1 is 1.17 bits per heavy atom. The summed E-state index contributed by atoms with van der Waals surface area (Å²) in [5.74, 6) is -0.371. The maximum Gasteiger partial charge on any atom is 0.240 e. The lowest BCUT2D eigenvalue weighted by Gasteiger charge is -2.24. The third-order valence-electron chi connectivity index (χ3n) is 3.67. The fourth-order valence-electron chi connectivity index (χ4n) is 2.56. The van der Waals surface area contributed by atoms with Crippen molar-refractivity contribution in [2.75, 3.05) is 17.1 Å². The SMILES string of the molecule is CS(=O)(=O)N(CC(=O)NC1CCCC1)c1cc(Cl)c(Cl)cc1Cl. The quantitative estimate of drug-likeness (QED) is 0.771. The third kappa shape index (κ3) is 4.89. The van der Waals surface area contributed by atoms with E-state index in [4.69, 9.17) is 34.8 Å². The number of carbonyl (C=O) groups excluding carboxylic acids is 1. The van der Waals surface area contributed by atoms with Gasteiger partial charge >= 0.3 is 0 Å². The van der Waals surface area contributed by atoms with E-state index in [1.807, 2.05) is 0 Å². The fourth-order valence-corrected chi connectivity index (χ4v) is 4.11. The molecule has 23 heavy (non-hydrogen) atoms. The normalized spacial score (nSPS) is 15.7. The summed E-state index contributed by atoms with van der Waals surface area (Å²) in [7, 11) is -3.71. The Morgan fingerprint density at radius 3 is 2.30 bits per heavy atom. The van der Waals surface area contributed by atoms with Crippen LogP contribution in [0.2, 0.25) is 15.1 Å². The lowest BCUT2D eigenvalue weighted by atomic mass is 10.2. The Bertz CT molecular complexity index is 703. The Kier molecular flexibility index (Phi) is 6.05. The molecule has 0 aromatic heterocycles. The molecule has 5 nitrogen and oxygen atoms in total. The molecular weight excluding hydrogens is 383 g/mol. The van der Waals surface area contributed by atoms with Gasteiger partial charge in [0, 0.05) is 6.04 Å². The second-order valence-electron chi connectivity index (χ2n) is 5.54. The molecular formula is C14H17Cl3N2O3S. The van der Waals surface area contributed by atoms with E-state index in [1.165, 1.54) is 12.1 Å². The van der Waals surface area contributed by atoms with Crippen molar-refractivity contribution in [2.24, 2.45) is 0 Å². The monoisotopic (exact) mass is 398 g/mol. The smallest absolute Gasteiger partial charge is 0.240 e. The van der Waals surface area contributed by atoms with Gasteiger partial charge < -0.3 is 5.32 Å². The molecule has 0 radical (unpaired) electrons.